The van der Waals surface area contributed by atoms with Gasteiger partial charge in [0.1, 0.15) is 0 Å². The predicted octanol–water partition coefficient (Wildman–Crippen LogP) is 5.02. The second kappa shape index (κ2) is 6.79. The lowest BCUT2D eigenvalue weighted by Gasteiger charge is -2.27. The first-order valence-corrected chi connectivity index (χ1v) is 7.66. The summed E-state index contributed by atoms with van der Waals surface area (Å²) in [6, 6.07) is 6.37. The summed E-state index contributed by atoms with van der Waals surface area (Å²) in [6.07, 6.45) is 6.37. The van der Waals surface area contributed by atoms with E-state index in [-0.39, 0.29) is 0 Å². The molecule has 1 aliphatic carbocycles. The minimum absolute atomic E-state index is 0.499. The van der Waals surface area contributed by atoms with Crippen LogP contribution in [0.3, 0.4) is 0 Å². The van der Waals surface area contributed by atoms with Crippen molar-refractivity contribution in [2.24, 2.45) is 0 Å². The van der Waals surface area contributed by atoms with Crippen LogP contribution in [0.15, 0.2) is 18.2 Å². The molecule has 2 rings (SSSR count). The van der Waals surface area contributed by atoms with E-state index in [2.05, 4.69) is 12.2 Å². The summed E-state index contributed by atoms with van der Waals surface area (Å²) in [7, 11) is 0. The topological polar surface area (TPSA) is 12.0 Å². The van der Waals surface area contributed by atoms with Gasteiger partial charge in [-0.05, 0) is 43.1 Å². The highest BCUT2D eigenvalue weighted by molar-refractivity contribution is 6.33. The molecule has 100 valence electrons. The average molecular weight is 286 g/mol. The quantitative estimate of drug-likeness (QED) is 0.769. The summed E-state index contributed by atoms with van der Waals surface area (Å²) in [4.78, 5) is 0. The minimum Gasteiger partial charge on any atom is -0.314 e. The van der Waals surface area contributed by atoms with Crippen LogP contribution in [-0.4, -0.2) is 12.6 Å². The largest absolute Gasteiger partial charge is 0.314 e. The second-order valence-electron chi connectivity index (χ2n) is 5.07. The zero-order valence-corrected chi connectivity index (χ0v) is 12.4. The van der Waals surface area contributed by atoms with Gasteiger partial charge < -0.3 is 5.32 Å². The van der Waals surface area contributed by atoms with Crippen molar-refractivity contribution >= 4 is 23.2 Å². The molecular weight excluding hydrogens is 265 g/mol. The van der Waals surface area contributed by atoms with Crippen molar-refractivity contribution in [2.45, 2.75) is 51.0 Å². The molecule has 0 amide bonds. The molecule has 1 saturated carbocycles. The standard InChI is InChI=1S/C15H21Cl2N/c1-2-18-15-7-5-3-4-6-12(15)13-10-11(16)8-9-14(13)17/h8-10,12,15,18H,2-7H2,1H3. The first-order valence-electron chi connectivity index (χ1n) is 6.90. The molecule has 1 aliphatic rings. The molecule has 0 heterocycles. The summed E-state index contributed by atoms with van der Waals surface area (Å²) in [6.45, 7) is 3.18. The Morgan fingerprint density at radius 3 is 2.72 bits per heavy atom. The summed E-state index contributed by atoms with van der Waals surface area (Å²) in [5, 5.41) is 5.26. The maximum atomic E-state index is 6.36. The molecule has 1 aromatic rings. The molecule has 0 spiro atoms. The summed E-state index contributed by atoms with van der Waals surface area (Å²) in [5.41, 5.74) is 1.22. The Kier molecular flexibility index (Phi) is 5.35. The Bertz CT molecular complexity index is 392. The van der Waals surface area contributed by atoms with Crippen molar-refractivity contribution < 1.29 is 0 Å². The lowest BCUT2D eigenvalue weighted by molar-refractivity contribution is 0.419. The van der Waals surface area contributed by atoms with E-state index < -0.39 is 0 Å². The smallest absolute Gasteiger partial charge is 0.0442 e. The molecule has 2 atom stereocenters. The molecule has 0 bridgehead atoms. The van der Waals surface area contributed by atoms with Crippen molar-refractivity contribution in [3.05, 3.63) is 33.8 Å². The van der Waals surface area contributed by atoms with Crippen molar-refractivity contribution in [2.75, 3.05) is 6.54 Å². The zero-order valence-electron chi connectivity index (χ0n) is 10.9. The molecule has 1 aromatic carbocycles. The normalized spacial score (nSPS) is 24.8. The monoisotopic (exact) mass is 285 g/mol. The third-order valence-electron chi connectivity index (χ3n) is 3.84. The Morgan fingerprint density at radius 2 is 1.94 bits per heavy atom. The third-order valence-corrected chi connectivity index (χ3v) is 4.42. The van der Waals surface area contributed by atoms with Gasteiger partial charge in [0.15, 0.2) is 0 Å². The first-order chi connectivity index (χ1) is 8.72. The Hall–Kier alpha value is -0.240. The van der Waals surface area contributed by atoms with Crippen LogP contribution in [0.5, 0.6) is 0 Å². The van der Waals surface area contributed by atoms with Gasteiger partial charge in [-0.2, -0.15) is 0 Å². The van der Waals surface area contributed by atoms with E-state index >= 15 is 0 Å². The fourth-order valence-electron chi connectivity index (χ4n) is 2.99. The maximum Gasteiger partial charge on any atom is 0.0442 e. The fourth-order valence-corrected chi connectivity index (χ4v) is 3.42. The van der Waals surface area contributed by atoms with E-state index in [1.807, 2.05) is 18.2 Å². The molecule has 1 nitrogen and oxygen atoms in total. The predicted molar refractivity (Wildman–Crippen MR) is 79.8 cm³/mol. The van der Waals surface area contributed by atoms with Gasteiger partial charge in [-0.15, -0.1) is 0 Å². The second-order valence-corrected chi connectivity index (χ2v) is 5.92. The summed E-state index contributed by atoms with van der Waals surface area (Å²) < 4.78 is 0. The van der Waals surface area contributed by atoms with Crippen LogP contribution < -0.4 is 5.32 Å². The van der Waals surface area contributed by atoms with Gasteiger partial charge in [-0.3, -0.25) is 0 Å². The van der Waals surface area contributed by atoms with Crippen molar-refractivity contribution in [3.63, 3.8) is 0 Å². The number of hydrogen-bond acceptors (Lipinski definition) is 1. The van der Waals surface area contributed by atoms with Gasteiger partial charge in [0, 0.05) is 22.0 Å². The highest BCUT2D eigenvalue weighted by atomic mass is 35.5. The Morgan fingerprint density at radius 1 is 1.17 bits per heavy atom. The molecule has 2 unspecified atom stereocenters. The lowest BCUT2D eigenvalue weighted by atomic mass is 9.87. The summed E-state index contributed by atoms with van der Waals surface area (Å²) in [5.74, 6) is 0.499. The van der Waals surface area contributed by atoms with Crippen LogP contribution in [0.4, 0.5) is 0 Å². The van der Waals surface area contributed by atoms with Crippen molar-refractivity contribution in [1.29, 1.82) is 0 Å². The van der Waals surface area contributed by atoms with E-state index in [9.17, 15) is 0 Å². The highest BCUT2D eigenvalue weighted by Crippen LogP contribution is 2.36. The lowest BCUT2D eigenvalue weighted by Crippen LogP contribution is -2.34. The van der Waals surface area contributed by atoms with E-state index in [0.29, 0.717) is 12.0 Å². The van der Waals surface area contributed by atoms with E-state index in [1.165, 1.54) is 37.7 Å². The van der Waals surface area contributed by atoms with E-state index in [0.717, 1.165) is 16.6 Å². The van der Waals surface area contributed by atoms with Crippen LogP contribution in [0.2, 0.25) is 10.0 Å². The molecular formula is C15H21Cl2N. The molecule has 0 aromatic heterocycles. The van der Waals surface area contributed by atoms with Crippen LogP contribution in [0, 0.1) is 0 Å². The van der Waals surface area contributed by atoms with Gasteiger partial charge in [0.2, 0.25) is 0 Å². The number of benzene rings is 1. The first kappa shape index (κ1) is 14.2. The van der Waals surface area contributed by atoms with Gasteiger partial charge in [0.25, 0.3) is 0 Å². The van der Waals surface area contributed by atoms with Gasteiger partial charge >= 0.3 is 0 Å². The van der Waals surface area contributed by atoms with Crippen LogP contribution in [0.1, 0.15) is 50.5 Å². The summed E-state index contributed by atoms with van der Waals surface area (Å²) >= 11 is 12.5. The fraction of sp³-hybridized carbons (Fsp3) is 0.600. The average Bonchev–Trinajstić information content (AvgIpc) is 2.58. The molecule has 0 saturated heterocycles. The molecule has 0 aliphatic heterocycles. The molecule has 3 heteroatoms. The van der Waals surface area contributed by atoms with Gasteiger partial charge in [-0.25, -0.2) is 0 Å². The van der Waals surface area contributed by atoms with Crippen LogP contribution in [-0.2, 0) is 0 Å². The van der Waals surface area contributed by atoms with Gasteiger partial charge in [0.05, 0.1) is 0 Å². The van der Waals surface area contributed by atoms with E-state index in [4.69, 9.17) is 23.2 Å². The Labute approximate surface area is 120 Å². The van der Waals surface area contributed by atoms with Crippen molar-refractivity contribution in [3.8, 4) is 0 Å². The highest BCUT2D eigenvalue weighted by Gasteiger charge is 2.26. The zero-order chi connectivity index (χ0) is 13.0. The number of rotatable bonds is 3. The minimum atomic E-state index is 0.499. The Balaban J connectivity index is 2.28. The molecule has 1 N–H and O–H groups in total. The third kappa shape index (κ3) is 3.40. The number of halogens is 2. The van der Waals surface area contributed by atoms with Crippen LogP contribution >= 0.6 is 23.2 Å². The number of nitrogens with one attached hydrogen (secondary N) is 1. The van der Waals surface area contributed by atoms with Crippen molar-refractivity contribution in [1.82, 2.24) is 5.32 Å². The van der Waals surface area contributed by atoms with Crippen LogP contribution in [0.25, 0.3) is 0 Å². The maximum absolute atomic E-state index is 6.36. The number of hydrogen-bond donors (Lipinski definition) is 1. The molecule has 0 radical (unpaired) electrons. The molecule has 18 heavy (non-hydrogen) atoms. The van der Waals surface area contributed by atoms with Gasteiger partial charge in [-0.1, -0.05) is 49.4 Å². The number of likely N-dealkylation sites (N-methyl/N-ethyl adjacent to an activating group) is 1. The SMILES string of the molecule is CCNC1CCCCCC1c1cc(Cl)ccc1Cl. The van der Waals surface area contributed by atoms with E-state index in [1.54, 1.807) is 0 Å². The molecule has 1 fully saturated rings.